The molecule has 2 N–H and O–H groups in total. The molecule has 2 aromatic rings. The molecule has 0 unspecified atom stereocenters. The van der Waals surface area contributed by atoms with E-state index < -0.39 is 0 Å². The van der Waals surface area contributed by atoms with Crippen LogP contribution < -0.4 is 10.7 Å². The van der Waals surface area contributed by atoms with Crippen molar-refractivity contribution in [3.63, 3.8) is 0 Å². The SMILES string of the molecule is C/C(=N/NC(=O)c1ccc(Cl)c(Cl)c1)c1ccc(NC(=O)C2CC2)cc1. The number of halogens is 2. The van der Waals surface area contributed by atoms with E-state index in [1.807, 2.05) is 24.3 Å². The van der Waals surface area contributed by atoms with Crippen molar-refractivity contribution >= 4 is 46.4 Å². The minimum atomic E-state index is -0.378. The molecule has 7 heteroatoms. The molecule has 0 bridgehead atoms. The molecule has 0 aliphatic heterocycles. The van der Waals surface area contributed by atoms with Gasteiger partial charge in [0.05, 0.1) is 15.8 Å². The van der Waals surface area contributed by atoms with Crippen molar-refractivity contribution in [2.45, 2.75) is 19.8 Å². The number of benzene rings is 2. The van der Waals surface area contributed by atoms with Crippen molar-refractivity contribution in [2.24, 2.45) is 11.0 Å². The summed E-state index contributed by atoms with van der Waals surface area (Å²) in [5.74, 6) is -0.150. The average Bonchev–Trinajstić information content (AvgIpc) is 3.47. The summed E-state index contributed by atoms with van der Waals surface area (Å²) in [6.07, 6.45) is 1.93. The van der Waals surface area contributed by atoms with Crippen molar-refractivity contribution in [1.29, 1.82) is 0 Å². The van der Waals surface area contributed by atoms with Crippen molar-refractivity contribution in [1.82, 2.24) is 5.43 Å². The summed E-state index contributed by atoms with van der Waals surface area (Å²) in [7, 11) is 0. The van der Waals surface area contributed by atoms with Gasteiger partial charge in [-0.25, -0.2) is 5.43 Å². The number of amides is 2. The first kappa shape index (κ1) is 18.4. The Kier molecular flexibility index (Phi) is 5.59. The third-order valence-corrected chi connectivity index (χ3v) is 4.76. The highest BCUT2D eigenvalue weighted by Gasteiger charge is 2.29. The highest BCUT2D eigenvalue weighted by Crippen LogP contribution is 2.30. The summed E-state index contributed by atoms with van der Waals surface area (Å²) < 4.78 is 0. The third-order valence-electron chi connectivity index (χ3n) is 4.03. The monoisotopic (exact) mass is 389 g/mol. The van der Waals surface area contributed by atoms with E-state index in [4.69, 9.17) is 23.2 Å². The molecule has 1 saturated carbocycles. The first-order valence-electron chi connectivity index (χ1n) is 8.15. The number of nitrogens with zero attached hydrogens (tertiary/aromatic N) is 1. The van der Waals surface area contributed by atoms with E-state index in [-0.39, 0.29) is 17.7 Å². The molecular weight excluding hydrogens is 373 g/mol. The van der Waals surface area contributed by atoms with E-state index in [9.17, 15) is 9.59 Å². The molecule has 1 aliphatic rings. The smallest absolute Gasteiger partial charge is 0.271 e. The van der Waals surface area contributed by atoms with Crippen LogP contribution in [-0.2, 0) is 4.79 Å². The predicted molar refractivity (Wildman–Crippen MR) is 104 cm³/mol. The van der Waals surface area contributed by atoms with Gasteiger partial charge in [0, 0.05) is 17.2 Å². The Labute approximate surface area is 161 Å². The number of carbonyl (C=O) groups excluding carboxylic acids is 2. The van der Waals surface area contributed by atoms with Crippen molar-refractivity contribution in [3.05, 3.63) is 63.6 Å². The molecule has 0 radical (unpaired) electrons. The second-order valence-corrected chi connectivity index (χ2v) is 6.92. The minimum absolute atomic E-state index is 0.0667. The quantitative estimate of drug-likeness (QED) is 0.583. The van der Waals surface area contributed by atoms with E-state index in [2.05, 4.69) is 15.8 Å². The second kappa shape index (κ2) is 7.89. The van der Waals surface area contributed by atoms with Crippen LogP contribution in [0.25, 0.3) is 0 Å². The molecule has 1 fully saturated rings. The van der Waals surface area contributed by atoms with Gasteiger partial charge >= 0.3 is 0 Å². The molecule has 5 nitrogen and oxygen atoms in total. The van der Waals surface area contributed by atoms with Crippen LogP contribution in [0.4, 0.5) is 5.69 Å². The molecule has 26 heavy (non-hydrogen) atoms. The molecule has 0 heterocycles. The standard InChI is InChI=1S/C19H17Cl2N3O2/c1-11(23-24-19(26)14-6-9-16(20)17(21)10-14)12-4-7-15(8-5-12)22-18(25)13-2-3-13/h4-10,13H,2-3H2,1H3,(H,22,25)(H,24,26)/b23-11-. The molecule has 0 atom stereocenters. The van der Waals surface area contributed by atoms with Crippen molar-refractivity contribution in [2.75, 3.05) is 5.32 Å². The van der Waals surface area contributed by atoms with Crippen LogP contribution in [0.15, 0.2) is 47.6 Å². The van der Waals surface area contributed by atoms with Gasteiger partial charge in [0.25, 0.3) is 5.91 Å². The van der Waals surface area contributed by atoms with Crippen LogP contribution in [-0.4, -0.2) is 17.5 Å². The van der Waals surface area contributed by atoms with Crippen LogP contribution >= 0.6 is 23.2 Å². The average molecular weight is 390 g/mol. The number of hydrazone groups is 1. The highest BCUT2D eigenvalue weighted by atomic mass is 35.5. The Hall–Kier alpha value is -2.37. The maximum Gasteiger partial charge on any atom is 0.271 e. The molecule has 0 saturated heterocycles. The maximum atomic E-state index is 12.1. The zero-order chi connectivity index (χ0) is 18.7. The molecule has 134 valence electrons. The lowest BCUT2D eigenvalue weighted by Crippen LogP contribution is -2.19. The summed E-state index contributed by atoms with van der Waals surface area (Å²) in [6, 6.07) is 11.9. The maximum absolute atomic E-state index is 12.1. The van der Waals surface area contributed by atoms with Crippen LogP contribution in [0, 0.1) is 5.92 Å². The second-order valence-electron chi connectivity index (χ2n) is 6.11. The van der Waals surface area contributed by atoms with Gasteiger partial charge < -0.3 is 5.32 Å². The van der Waals surface area contributed by atoms with Gasteiger partial charge in [-0.2, -0.15) is 5.10 Å². The fraction of sp³-hybridized carbons (Fsp3) is 0.211. The van der Waals surface area contributed by atoms with Gasteiger partial charge in [-0.1, -0.05) is 35.3 Å². The topological polar surface area (TPSA) is 70.6 Å². The lowest BCUT2D eigenvalue weighted by atomic mass is 10.1. The molecule has 2 amide bonds. The molecular formula is C19H17Cl2N3O2. The fourth-order valence-corrected chi connectivity index (χ4v) is 2.58. The molecule has 1 aliphatic carbocycles. The van der Waals surface area contributed by atoms with Crippen LogP contribution in [0.5, 0.6) is 0 Å². The predicted octanol–water partition coefficient (Wildman–Crippen LogP) is 4.50. The van der Waals surface area contributed by atoms with Gasteiger partial charge in [-0.15, -0.1) is 0 Å². The summed E-state index contributed by atoms with van der Waals surface area (Å²) in [6.45, 7) is 1.78. The molecule has 0 aromatic heterocycles. The normalized spacial score (nSPS) is 14.0. The number of carbonyl (C=O) groups is 2. The number of anilines is 1. The van der Waals surface area contributed by atoms with E-state index in [0.717, 1.165) is 24.1 Å². The lowest BCUT2D eigenvalue weighted by molar-refractivity contribution is -0.117. The van der Waals surface area contributed by atoms with E-state index >= 15 is 0 Å². The minimum Gasteiger partial charge on any atom is -0.326 e. The fourth-order valence-electron chi connectivity index (χ4n) is 2.29. The number of hydrogen-bond acceptors (Lipinski definition) is 3. The Balaban J connectivity index is 1.62. The first-order valence-corrected chi connectivity index (χ1v) is 8.90. The summed E-state index contributed by atoms with van der Waals surface area (Å²) in [5, 5.41) is 7.68. The Bertz CT molecular complexity index is 875. The van der Waals surface area contributed by atoms with Crippen LogP contribution in [0.3, 0.4) is 0 Å². The lowest BCUT2D eigenvalue weighted by Gasteiger charge is -2.07. The van der Waals surface area contributed by atoms with Gasteiger partial charge in [-0.3, -0.25) is 9.59 Å². The van der Waals surface area contributed by atoms with Gasteiger partial charge in [0.2, 0.25) is 5.91 Å². The Morgan fingerprint density at radius 2 is 1.65 bits per heavy atom. The van der Waals surface area contributed by atoms with E-state index in [1.165, 1.54) is 6.07 Å². The Morgan fingerprint density at radius 3 is 2.27 bits per heavy atom. The van der Waals surface area contributed by atoms with Gasteiger partial charge in [-0.05, 0) is 55.7 Å². The van der Waals surface area contributed by atoms with E-state index in [0.29, 0.717) is 21.3 Å². The van der Waals surface area contributed by atoms with Crippen LogP contribution in [0.2, 0.25) is 10.0 Å². The zero-order valence-electron chi connectivity index (χ0n) is 14.1. The first-order chi connectivity index (χ1) is 12.4. The van der Waals surface area contributed by atoms with E-state index in [1.54, 1.807) is 19.1 Å². The number of hydrogen-bond donors (Lipinski definition) is 2. The van der Waals surface area contributed by atoms with Gasteiger partial charge in [0.1, 0.15) is 0 Å². The number of rotatable bonds is 5. The highest BCUT2D eigenvalue weighted by molar-refractivity contribution is 6.42. The number of nitrogens with one attached hydrogen (secondary N) is 2. The Morgan fingerprint density at radius 1 is 1.00 bits per heavy atom. The van der Waals surface area contributed by atoms with Crippen LogP contribution in [0.1, 0.15) is 35.7 Å². The van der Waals surface area contributed by atoms with Crippen molar-refractivity contribution in [3.8, 4) is 0 Å². The molecule has 0 spiro atoms. The summed E-state index contributed by atoms with van der Waals surface area (Å²) in [5.41, 5.74) is 5.08. The molecule has 3 rings (SSSR count). The largest absolute Gasteiger partial charge is 0.326 e. The third kappa shape index (κ3) is 4.62. The summed E-state index contributed by atoms with van der Waals surface area (Å²) in [4.78, 5) is 23.9. The molecule has 2 aromatic carbocycles. The van der Waals surface area contributed by atoms with Crippen molar-refractivity contribution < 1.29 is 9.59 Å². The summed E-state index contributed by atoms with van der Waals surface area (Å²) >= 11 is 11.8. The zero-order valence-corrected chi connectivity index (χ0v) is 15.6. The van der Waals surface area contributed by atoms with Gasteiger partial charge in [0.15, 0.2) is 0 Å².